The van der Waals surface area contributed by atoms with Crippen LogP contribution in [-0.4, -0.2) is 37.1 Å². The molecule has 2 aromatic carbocycles. The van der Waals surface area contributed by atoms with Gasteiger partial charge in [-0.15, -0.1) is 0 Å². The van der Waals surface area contributed by atoms with Crippen molar-refractivity contribution < 1.29 is 38.1 Å². The third-order valence-corrected chi connectivity index (χ3v) is 11.2. The number of halogens is 6. The molecule has 250 valence electrons. The Kier molecular flexibility index (Phi) is 12.4. The molecule has 5 unspecified atom stereocenters. The van der Waals surface area contributed by atoms with Crippen molar-refractivity contribution in [1.29, 1.82) is 0 Å². The second-order valence-corrected chi connectivity index (χ2v) is 13.9. The van der Waals surface area contributed by atoms with Gasteiger partial charge in [0.2, 0.25) is 0 Å². The van der Waals surface area contributed by atoms with Crippen LogP contribution in [0.4, 0.5) is 0 Å². The molecule has 0 aromatic heterocycles. The zero-order valence-corrected chi connectivity index (χ0v) is 29.9. The molecule has 6 atom stereocenters. The van der Waals surface area contributed by atoms with Gasteiger partial charge in [0.1, 0.15) is 11.1 Å². The van der Waals surface area contributed by atoms with Crippen LogP contribution in [0.2, 0.25) is 30.1 Å². The van der Waals surface area contributed by atoms with E-state index in [0.29, 0.717) is 48.3 Å². The summed E-state index contributed by atoms with van der Waals surface area (Å²) in [7, 11) is 0. The minimum absolute atomic E-state index is 0.0772. The van der Waals surface area contributed by atoms with Gasteiger partial charge in [0.15, 0.2) is 11.5 Å². The maximum absolute atomic E-state index is 13.1. The molecule has 2 aliphatic carbocycles. The molecular formula is C32H32Cl6O8. The Hall–Kier alpha value is -1.94. The van der Waals surface area contributed by atoms with Crippen LogP contribution in [0.1, 0.15) is 74.1 Å². The van der Waals surface area contributed by atoms with Gasteiger partial charge in [-0.3, -0.25) is 0 Å². The van der Waals surface area contributed by atoms with E-state index >= 15 is 0 Å². The van der Waals surface area contributed by atoms with Crippen molar-refractivity contribution in [2.24, 2.45) is 35.5 Å². The van der Waals surface area contributed by atoms with Gasteiger partial charge in [0.25, 0.3) is 0 Å². The van der Waals surface area contributed by atoms with E-state index in [9.17, 15) is 19.2 Å². The summed E-state index contributed by atoms with van der Waals surface area (Å²) in [6, 6.07) is 2.26. The Morgan fingerprint density at radius 1 is 0.587 bits per heavy atom. The summed E-state index contributed by atoms with van der Waals surface area (Å²) in [5.41, 5.74) is -0.910. The van der Waals surface area contributed by atoms with Gasteiger partial charge in [-0.1, -0.05) is 110 Å². The van der Waals surface area contributed by atoms with Crippen LogP contribution in [0.5, 0.6) is 11.5 Å². The Bertz CT molecular complexity index is 1430. The highest BCUT2D eigenvalue weighted by Crippen LogP contribution is 2.51. The minimum atomic E-state index is -1.64. The monoisotopic (exact) mass is 754 g/mol. The first kappa shape index (κ1) is 36.9. The van der Waals surface area contributed by atoms with E-state index in [4.69, 9.17) is 88.6 Å². The largest absolute Gasteiger partial charge is 0.462 e. The highest BCUT2D eigenvalue weighted by atomic mass is 35.5. The molecule has 14 heteroatoms. The number of esters is 4. The Morgan fingerprint density at radius 2 is 0.935 bits per heavy atom. The molecule has 0 radical (unpaired) electrons. The van der Waals surface area contributed by atoms with E-state index in [1.165, 1.54) is 0 Å². The lowest BCUT2D eigenvalue weighted by Crippen LogP contribution is -2.27. The number of ether oxygens (including phenoxy) is 4. The summed E-state index contributed by atoms with van der Waals surface area (Å²) in [6.45, 7) is 8.64. The topological polar surface area (TPSA) is 105 Å². The van der Waals surface area contributed by atoms with Crippen LogP contribution in [0.3, 0.4) is 0 Å². The minimum Gasteiger partial charge on any atom is -0.462 e. The number of carbonyl (C=O) groups is 4. The zero-order chi connectivity index (χ0) is 34.0. The summed E-state index contributed by atoms with van der Waals surface area (Å²) >= 11 is 37.3. The summed E-state index contributed by atoms with van der Waals surface area (Å²) in [5, 5.41) is -1.46. The van der Waals surface area contributed by atoms with Crippen molar-refractivity contribution in [3.05, 3.63) is 53.4 Å². The fraction of sp³-hybridized carbons (Fsp3) is 0.500. The molecule has 46 heavy (non-hydrogen) atoms. The number of rotatable bonds is 12. The van der Waals surface area contributed by atoms with Gasteiger partial charge in [-0.05, 0) is 60.5 Å². The first-order valence-electron chi connectivity index (χ1n) is 14.9. The summed E-state index contributed by atoms with van der Waals surface area (Å²) in [4.78, 5) is 52.0. The summed E-state index contributed by atoms with van der Waals surface area (Å²) < 4.78 is 21.1. The second-order valence-electron chi connectivity index (χ2n) is 11.5. The van der Waals surface area contributed by atoms with E-state index in [1.54, 1.807) is 0 Å². The number of hydrogen-bond acceptors (Lipinski definition) is 8. The first-order chi connectivity index (χ1) is 21.7. The van der Waals surface area contributed by atoms with Crippen molar-refractivity contribution in [2.75, 3.05) is 13.2 Å². The normalized spacial score (nSPS) is 23.0. The Balaban J connectivity index is 1.48. The third kappa shape index (κ3) is 8.01. The second kappa shape index (κ2) is 15.5. The van der Waals surface area contributed by atoms with Gasteiger partial charge < -0.3 is 18.9 Å². The predicted octanol–water partition coefficient (Wildman–Crippen LogP) is 9.80. The van der Waals surface area contributed by atoms with E-state index in [-0.39, 0.29) is 43.3 Å². The molecule has 2 aliphatic rings. The molecule has 2 aromatic rings. The van der Waals surface area contributed by atoms with Crippen molar-refractivity contribution in [3.63, 3.8) is 0 Å². The molecule has 4 rings (SSSR count). The van der Waals surface area contributed by atoms with Gasteiger partial charge in [0, 0.05) is 0 Å². The van der Waals surface area contributed by atoms with Gasteiger partial charge in [-0.2, -0.15) is 0 Å². The van der Waals surface area contributed by atoms with Crippen LogP contribution in [0, 0.1) is 35.5 Å². The highest BCUT2D eigenvalue weighted by molar-refractivity contribution is 6.47. The van der Waals surface area contributed by atoms with E-state index < -0.39 is 46.5 Å². The van der Waals surface area contributed by atoms with Crippen LogP contribution < -0.4 is 9.47 Å². The third-order valence-electron chi connectivity index (χ3n) is 9.05. The smallest absolute Gasteiger partial charge is 0.423 e. The molecular weight excluding hydrogens is 725 g/mol. The SMILES string of the molecule is CCC1C(C)C1CCOC(=O)c1c(Cl)c(Cl)cc(Cl)c1OC(=O)C(=O)Oc1c(Cl)cc(Cl)c(Cl)c1C(=O)OCCC1C(C)[C@@H]1CC. The lowest BCUT2D eigenvalue weighted by molar-refractivity contribution is -0.156. The Morgan fingerprint density at radius 3 is 1.24 bits per heavy atom. The van der Waals surface area contributed by atoms with Gasteiger partial charge >= 0.3 is 23.9 Å². The predicted molar refractivity (Wildman–Crippen MR) is 177 cm³/mol. The Labute approximate surface area is 297 Å². The standard InChI is InChI=1S/C32H32Cl6O8/c1-5-15-13(3)17(15)7-9-43-29(39)23-25(37)19(33)11-21(35)27(23)45-31(41)32(42)46-28-22(36)12-20(34)26(38)24(28)30(40)44-10-8-18-14(4)16(18)6-2/h11-18H,5-10H2,1-4H3/t13?,14?,15-,16?,17?,18?/m0/s1. The molecule has 0 spiro atoms. The lowest BCUT2D eigenvalue weighted by atomic mass is 10.2. The first-order valence-corrected chi connectivity index (χ1v) is 17.1. The lowest BCUT2D eigenvalue weighted by Gasteiger charge is -2.15. The van der Waals surface area contributed by atoms with Gasteiger partial charge in [0.05, 0.1) is 43.3 Å². The average Bonchev–Trinajstić information content (AvgIpc) is 3.86. The molecule has 0 aliphatic heterocycles. The molecule has 0 N–H and O–H groups in total. The van der Waals surface area contributed by atoms with Crippen molar-refractivity contribution in [1.82, 2.24) is 0 Å². The quantitative estimate of drug-likeness (QED) is 0.0913. The molecule has 2 fully saturated rings. The number of benzene rings is 2. The molecule has 0 amide bonds. The van der Waals surface area contributed by atoms with Crippen molar-refractivity contribution in [2.45, 2.75) is 53.4 Å². The number of carbonyl (C=O) groups excluding carboxylic acids is 4. The molecule has 8 nitrogen and oxygen atoms in total. The molecule has 2 saturated carbocycles. The molecule has 0 heterocycles. The summed E-state index contributed by atoms with van der Waals surface area (Å²) in [6.07, 6.45) is 3.32. The van der Waals surface area contributed by atoms with Crippen LogP contribution in [0.25, 0.3) is 0 Å². The molecule has 0 bridgehead atoms. The molecule has 0 saturated heterocycles. The maximum Gasteiger partial charge on any atom is 0.423 e. The number of hydrogen-bond donors (Lipinski definition) is 0. The zero-order valence-electron chi connectivity index (χ0n) is 25.4. The van der Waals surface area contributed by atoms with Crippen LogP contribution in [0.15, 0.2) is 12.1 Å². The van der Waals surface area contributed by atoms with Crippen molar-refractivity contribution in [3.8, 4) is 11.5 Å². The highest BCUT2D eigenvalue weighted by Gasteiger charge is 2.45. The van der Waals surface area contributed by atoms with Gasteiger partial charge in [-0.25, -0.2) is 19.2 Å². The summed E-state index contributed by atoms with van der Waals surface area (Å²) in [5.74, 6) is -3.31. The fourth-order valence-electron chi connectivity index (χ4n) is 6.29. The van der Waals surface area contributed by atoms with Crippen LogP contribution in [-0.2, 0) is 19.1 Å². The van der Waals surface area contributed by atoms with E-state index in [1.807, 2.05) is 0 Å². The van der Waals surface area contributed by atoms with Crippen LogP contribution >= 0.6 is 69.6 Å². The fourth-order valence-corrected chi connectivity index (χ4v) is 7.72. The van der Waals surface area contributed by atoms with E-state index in [2.05, 4.69) is 27.7 Å². The average molecular weight is 757 g/mol. The maximum atomic E-state index is 13.1. The van der Waals surface area contributed by atoms with E-state index in [0.717, 1.165) is 25.0 Å². The van der Waals surface area contributed by atoms with Crippen molar-refractivity contribution >= 4 is 93.5 Å².